The van der Waals surface area contributed by atoms with E-state index >= 15 is 0 Å². The zero-order valence-electron chi connectivity index (χ0n) is 14.8. The summed E-state index contributed by atoms with van der Waals surface area (Å²) in [5, 5.41) is 23.6. The second-order valence-corrected chi connectivity index (χ2v) is 8.17. The van der Waals surface area contributed by atoms with Crippen LogP contribution in [0.2, 0.25) is 5.02 Å². The first-order valence-corrected chi connectivity index (χ1v) is 10.3. The van der Waals surface area contributed by atoms with Gasteiger partial charge >= 0.3 is 0 Å². The molecule has 0 unspecified atom stereocenters. The van der Waals surface area contributed by atoms with Crippen molar-refractivity contribution in [2.75, 3.05) is 16.4 Å². The largest absolute Gasteiger partial charge is 0.323 e. The summed E-state index contributed by atoms with van der Waals surface area (Å²) in [5.74, 6) is -1.72. The lowest BCUT2D eigenvalue weighted by atomic mass is 10.2. The lowest BCUT2D eigenvalue weighted by Crippen LogP contribution is -2.14. The molecule has 0 atom stereocenters. The number of nitrogens with one attached hydrogen (secondary N) is 2. The minimum atomic E-state index is -0.686. The highest BCUT2D eigenvalue weighted by Crippen LogP contribution is 2.27. The van der Waals surface area contributed by atoms with Crippen molar-refractivity contribution in [2.24, 2.45) is 0 Å². The van der Waals surface area contributed by atoms with Gasteiger partial charge in [0.25, 0.3) is 11.6 Å². The number of rotatable bonds is 7. The smallest absolute Gasteiger partial charge is 0.270 e. The van der Waals surface area contributed by atoms with E-state index in [-0.39, 0.29) is 32.8 Å². The minimum Gasteiger partial charge on any atom is -0.323 e. The van der Waals surface area contributed by atoms with Gasteiger partial charge in [0.15, 0.2) is 4.34 Å². The number of nitro benzene ring substituents is 1. The average Bonchev–Trinajstić information content (AvgIpc) is 3.15. The molecule has 0 spiro atoms. The second-order valence-electron chi connectivity index (χ2n) is 5.57. The van der Waals surface area contributed by atoms with Gasteiger partial charge in [-0.05, 0) is 18.2 Å². The normalized spacial score (nSPS) is 10.5. The topological polar surface area (TPSA) is 127 Å². The van der Waals surface area contributed by atoms with E-state index in [1.165, 1.54) is 30.3 Å². The Balaban J connectivity index is 1.58. The van der Waals surface area contributed by atoms with E-state index in [1.54, 1.807) is 6.07 Å². The van der Waals surface area contributed by atoms with Gasteiger partial charge in [-0.25, -0.2) is 4.39 Å². The molecule has 2 aromatic carbocycles. The van der Waals surface area contributed by atoms with Crippen LogP contribution in [0.4, 0.5) is 20.9 Å². The van der Waals surface area contributed by atoms with Gasteiger partial charge in [0.05, 0.1) is 26.9 Å². The van der Waals surface area contributed by atoms with E-state index in [2.05, 4.69) is 20.8 Å². The molecule has 0 saturated carbocycles. The molecule has 0 aliphatic heterocycles. The number of carbonyl (C=O) groups excluding carboxylic acids is 2. The number of para-hydroxylation sites is 1. The monoisotopic (exact) mass is 467 g/mol. The third-order valence-electron chi connectivity index (χ3n) is 3.51. The quantitative estimate of drug-likeness (QED) is 0.230. The van der Waals surface area contributed by atoms with E-state index in [9.17, 15) is 24.1 Å². The Morgan fingerprint density at radius 1 is 1.20 bits per heavy atom. The fraction of sp³-hybridized carbons (Fsp3) is 0.0588. The van der Waals surface area contributed by atoms with Crippen molar-refractivity contribution in [3.63, 3.8) is 0 Å². The molecule has 154 valence electrons. The molecule has 1 aromatic heterocycles. The zero-order chi connectivity index (χ0) is 21.7. The Bertz CT molecular complexity index is 1130. The van der Waals surface area contributed by atoms with Crippen LogP contribution in [0, 0.1) is 15.9 Å². The van der Waals surface area contributed by atoms with Gasteiger partial charge in [-0.2, -0.15) is 0 Å². The van der Waals surface area contributed by atoms with E-state index in [1.807, 2.05) is 0 Å². The zero-order valence-corrected chi connectivity index (χ0v) is 17.2. The lowest BCUT2D eigenvalue weighted by Gasteiger charge is -2.04. The number of thioether (sulfide) groups is 1. The van der Waals surface area contributed by atoms with E-state index < -0.39 is 22.6 Å². The molecule has 0 fully saturated rings. The first-order chi connectivity index (χ1) is 14.3. The van der Waals surface area contributed by atoms with Gasteiger partial charge in [-0.3, -0.25) is 25.0 Å². The predicted octanol–water partition coefficient (Wildman–Crippen LogP) is 4.22. The van der Waals surface area contributed by atoms with Crippen molar-refractivity contribution < 1.29 is 18.9 Å². The van der Waals surface area contributed by atoms with Crippen LogP contribution in [0.3, 0.4) is 0 Å². The van der Waals surface area contributed by atoms with Gasteiger partial charge in [0.2, 0.25) is 11.0 Å². The Kier molecular flexibility index (Phi) is 6.92. The molecule has 0 radical (unpaired) electrons. The summed E-state index contributed by atoms with van der Waals surface area (Å²) in [6.45, 7) is 0. The van der Waals surface area contributed by atoms with Crippen molar-refractivity contribution in [1.29, 1.82) is 0 Å². The number of non-ortho nitro benzene ring substituents is 1. The van der Waals surface area contributed by atoms with Gasteiger partial charge in [-0.15, -0.1) is 10.2 Å². The van der Waals surface area contributed by atoms with E-state index in [0.717, 1.165) is 29.2 Å². The number of hydrogen-bond acceptors (Lipinski definition) is 8. The number of halogens is 2. The SMILES string of the molecule is O=C(CSc1nnc(NC(=O)c2cc([N+](=O)[O-])ccc2Cl)s1)Nc1ccccc1F. The summed E-state index contributed by atoms with van der Waals surface area (Å²) in [4.78, 5) is 34.5. The number of amides is 2. The summed E-state index contributed by atoms with van der Waals surface area (Å²) in [5.41, 5.74) is -0.291. The molecule has 13 heteroatoms. The molecule has 2 amide bonds. The first kappa shape index (κ1) is 21.6. The highest BCUT2D eigenvalue weighted by atomic mass is 35.5. The van der Waals surface area contributed by atoms with Gasteiger partial charge in [-0.1, -0.05) is 46.8 Å². The van der Waals surface area contributed by atoms with Gasteiger partial charge in [0.1, 0.15) is 5.82 Å². The standard InChI is InChI=1S/C17H11ClFN5O4S2/c18-11-6-5-9(24(27)28)7-10(11)15(26)21-16-22-23-17(30-16)29-8-14(25)20-13-4-2-1-3-12(13)19/h1-7H,8H2,(H,20,25)(H,21,22,26). The summed E-state index contributed by atoms with van der Waals surface area (Å²) in [6.07, 6.45) is 0. The molecule has 30 heavy (non-hydrogen) atoms. The molecule has 1 heterocycles. The molecular weight excluding hydrogens is 457 g/mol. The Morgan fingerprint density at radius 3 is 2.70 bits per heavy atom. The summed E-state index contributed by atoms with van der Waals surface area (Å²) < 4.78 is 13.9. The highest BCUT2D eigenvalue weighted by Gasteiger charge is 2.18. The number of anilines is 2. The first-order valence-electron chi connectivity index (χ1n) is 8.09. The molecule has 3 aromatic rings. The summed E-state index contributed by atoms with van der Waals surface area (Å²) in [6, 6.07) is 9.28. The van der Waals surface area contributed by atoms with Crippen LogP contribution in [0.15, 0.2) is 46.8 Å². The predicted molar refractivity (Wildman–Crippen MR) is 112 cm³/mol. The van der Waals surface area contributed by atoms with Crippen molar-refractivity contribution in [1.82, 2.24) is 10.2 Å². The fourth-order valence-electron chi connectivity index (χ4n) is 2.16. The van der Waals surface area contributed by atoms with Crippen LogP contribution in [0.25, 0.3) is 0 Å². The Labute approximate surface area is 181 Å². The Morgan fingerprint density at radius 2 is 1.97 bits per heavy atom. The van der Waals surface area contributed by atoms with Crippen molar-refractivity contribution in [3.05, 3.63) is 69.0 Å². The number of benzene rings is 2. The number of carbonyl (C=O) groups is 2. The number of nitro groups is 1. The van der Waals surface area contributed by atoms with Crippen LogP contribution < -0.4 is 10.6 Å². The summed E-state index contributed by atoms with van der Waals surface area (Å²) >= 11 is 7.99. The molecule has 0 saturated heterocycles. The van der Waals surface area contributed by atoms with Crippen LogP contribution in [-0.2, 0) is 4.79 Å². The number of hydrogen-bond donors (Lipinski definition) is 2. The number of nitrogens with zero attached hydrogens (tertiary/aromatic N) is 3. The Hall–Kier alpha value is -3.09. The van der Waals surface area contributed by atoms with E-state index in [0.29, 0.717) is 4.34 Å². The highest BCUT2D eigenvalue weighted by molar-refractivity contribution is 8.01. The third kappa shape index (κ3) is 5.49. The number of aromatic nitrogens is 2. The molecular formula is C17H11ClFN5O4S2. The molecule has 9 nitrogen and oxygen atoms in total. The maximum atomic E-state index is 13.5. The van der Waals surface area contributed by atoms with Crippen molar-refractivity contribution in [3.8, 4) is 0 Å². The summed E-state index contributed by atoms with van der Waals surface area (Å²) in [7, 11) is 0. The third-order valence-corrected chi connectivity index (χ3v) is 5.81. The maximum absolute atomic E-state index is 13.5. The molecule has 2 N–H and O–H groups in total. The second kappa shape index (κ2) is 9.61. The van der Waals surface area contributed by atoms with E-state index in [4.69, 9.17) is 11.6 Å². The molecule has 3 rings (SSSR count). The maximum Gasteiger partial charge on any atom is 0.270 e. The van der Waals surface area contributed by atoms with Crippen LogP contribution >= 0.6 is 34.7 Å². The van der Waals surface area contributed by atoms with Crippen molar-refractivity contribution >= 4 is 63.0 Å². The van der Waals surface area contributed by atoms with Gasteiger partial charge in [0, 0.05) is 12.1 Å². The average molecular weight is 468 g/mol. The van der Waals surface area contributed by atoms with Crippen LogP contribution in [0.1, 0.15) is 10.4 Å². The van der Waals surface area contributed by atoms with Crippen molar-refractivity contribution in [2.45, 2.75) is 4.34 Å². The fourth-order valence-corrected chi connectivity index (χ4v) is 3.91. The van der Waals surface area contributed by atoms with Crippen LogP contribution in [-0.4, -0.2) is 32.7 Å². The van der Waals surface area contributed by atoms with Gasteiger partial charge < -0.3 is 5.32 Å². The van der Waals surface area contributed by atoms with Crippen LogP contribution in [0.5, 0.6) is 0 Å². The molecule has 0 aliphatic rings. The minimum absolute atomic E-state index is 0.0435. The molecule has 0 bridgehead atoms. The molecule has 0 aliphatic carbocycles. The lowest BCUT2D eigenvalue weighted by molar-refractivity contribution is -0.384.